The standard InChI is InChI=1S/C21H40O4/c1-20(2,15-16-22)13-9-5-7-11-18(23)12-8-6-10-14-21(3,4)17-19(24)25/h16,18,23H,5-15,17H2,1-4H3,(H,24,25). The number of hydrogen-bond donors (Lipinski definition) is 2. The molecule has 25 heavy (non-hydrogen) atoms. The van der Waals surface area contributed by atoms with Crippen molar-refractivity contribution in [1.29, 1.82) is 0 Å². The van der Waals surface area contributed by atoms with Crippen LogP contribution < -0.4 is 0 Å². The number of aliphatic hydroxyl groups excluding tert-OH is 1. The summed E-state index contributed by atoms with van der Waals surface area (Å²) >= 11 is 0. The summed E-state index contributed by atoms with van der Waals surface area (Å²) in [5.74, 6) is -0.727. The van der Waals surface area contributed by atoms with Crippen LogP contribution in [0.4, 0.5) is 0 Å². The van der Waals surface area contributed by atoms with Crippen LogP contribution >= 0.6 is 0 Å². The highest BCUT2D eigenvalue weighted by Crippen LogP contribution is 2.28. The van der Waals surface area contributed by atoms with Gasteiger partial charge in [0.2, 0.25) is 0 Å². The summed E-state index contributed by atoms with van der Waals surface area (Å²) in [5, 5.41) is 18.9. The van der Waals surface area contributed by atoms with E-state index in [4.69, 9.17) is 5.11 Å². The fraction of sp³-hybridized carbons (Fsp3) is 0.905. The zero-order valence-corrected chi connectivity index (χ0v) is 16.9. The van der Waals surface area contributed by atoms with Crippen molar-refractivity contribution in [3.8, 4) is 0 Å². The van der Waals surface area contributed by atoms with Gasteiger partial charge in [0.05, 0.1) is 12.5 Å². The molecule has 0 saturated carbocycles. The zero-order valence-electron chi connectivity index (χ0n) is 16.9. The Bertz CT molecular complexity index is 374. The Hall–Kier alpha value is -0.900. The van der Waals surface area contributed by atoms with E-state index in [1.807, 2.05) is 13.8 Å². The molecule has 0 aliphatic carbocycles. The molecule has 0 aromatic carbocycles. The van der Waals surface area contributed by atoms with E-state index >= 15 is 0 Å². The second-order valence-electron chi connectivity index (χ2n) is 9.12. The van der Waals surface area contributed by atoms with Gasteiger partial charge < -0.3 is 15.0 Å². The highest BCUT2D eigenvalue weighted by molar-refractivity contribution is 5.67. The summed E-state index contributed by atoms with van der Waals surface area (Å²) in [6.45, 7) is 8.28. The number of carboxylic acid groups (broad SMARTS) is 1. The van der Waals surface area contributed by atoms with Crippen LogP contribution in [0.1, 0.15) is 105 Å². The van der Waals surface area contributed by atoms with Crippen molar-refractivity contribution in [3.05, 3.63) is 0 Å². The van der Waals surface area contributed by atoms with Crippen LogP contribution in [-0.2, 0) is 9.59 Å². The highest BCUT2D eigenvalue weighted by atomic mass is 16.4. The van der Waals surface area contributed by atoms with Gasteiger partial charge in [-0.2, -0.15) is 0 Å². The Morgan fingerprint density at radius 1 is 0.880 bits per heavy atom. The number of aldehydes is 1. The lowest BCUT2D eigenvalue weighted by Gasteiger charge is -2.22. The molecule has 0 aromatic heterocycles. The third-order valence-electron chi connectivity index (χ3n) is 5.05. The van der Waals surface area contributed by atoms with Crippen LogP contribution in [-0.4, -0.2) is 28.6 Å². The van der Waals surface area contributed by atoms with Gasteiger partial charge in [-0.3, -0.25) is 4.79 Å². The number of carboxylic acids is 1. The zero-order chi connectivity index (χ0) is 19.3. The van der Waals surface area contributed by atoms with E-state index in [-0.39, 0.29) is 23.4 Å². The predicted molar refractivity (Wildman–Crippen MR) is 103 cm³/mol. The number of aliphatic hydroxyl groups is 1. The fourth-order valence-corrected chi connectivity index (χ4v) is 3.29. The van der Waals surface area contributed by atoms with E-state index in [1.54, 1.807) is 0 Å². The van der Waals surface area contributed by atoms with E-state index in [0.29, 0.717) is 6.42 Å². The SMILES string of the molecule is CC(C)(CC=O)CCCCCC(O)CCCCCC(C)(C)CC(=O)O. The van der Waals surface area contributed by atoms with Crippen molar-refractivity contribution < 1.29 is 19.8 Å². The lowest BCUT2D eigenvalue weighted by Crippen LogP contribution is -2.16. The second kappa shape index (κ2) is 12.5. The number of rotatable bonds is 16. The van der Waals surface area contributed by atoms with Gasteiger partial charge in [-0.25, -0.2) is 0 Å². The van der Waals surface area contributed by atoms with Gasteiger partial charge in [0, 0.05) is 6.42 Å². The van der Waals surface area contributed by atoms with Gasteiger partial charge in [0.1, 0.15) is 6.29 Å². The molecule has 0 spiro atoms. The van der Waals surface area contributed by atoms with Crippen LogP contribution in [0.5, 0.6) is 0 Å². The van der Waals surface area contributed by atoms with Crippen molar-refractivity contribution in [2.45, 2.75) is 111 Å². The van der Waals surface area contributed by atoms with Gasteiger partial charge in [-0.05, 0) is 36.5 Å². The van der Waals surface area contributed by atoms with Crippen molar-refractivity contribution in [2.75, 3.05) is 0 Å². The van der Waals surface area contributed by atoms with Crippen LogP contribution in [0.2, 0.25) is 0 Å². The van der Waals surface area contributed by atoms with Gasteiger partial charge >= 0.3 is 5.97 Å². The number of carbonyl (C=O) groups excluding carboxylic acids is 1. The summed E-state index contributed by atoms with van der Waals surface area (Å²) in [5.41, 5.74) is -0.0309. The maximum atomic E-state index is 10.8. The summed E-state index contributed by atoms with van der Waals surface area (Å²) in [4.78, 5) is 21.4. The van der Waals surface area contributed by atoms with Crippen LogP contribution in [0.15, 0.2) is 0 Å². The highest BCUT2D eigenvalue weighted by Gasteiger charge is 2.21. The second-order valence-corrected chi connectivity index (χ2v) is 9.12. The first-order valence-corrected chi connectivity index (χ1v) is 9.91. The number of carbonyl (C=O) groups is 2. The Kier molecular flexibility index (Phi) is 12.0. The molecule has 0 amide bonds. The van der Waals surface area contributed by atoms with E-state index in [1.165, 1.54) is 0 Å². The van der Waals surface area contributed by atoms with E-state index in [2.05, 4.69) is 13.8 Å². The molecular weight excluding hydrogens is 316 g/mol. The molecule has 0 rings (SSSR count). The largest absolute Gasteiger partial charge is 0.481 e. The summed E-state index contributed by atoms with van der Waals surface area (Å²) in [6.07, 6.45) is 11.7. The van der Waals surface area contributed by atoms with E-state index < -0.39 is 5.97 Å². The monoisotopic (exact) mass is 356 g/mol. The maximum Gasteiger partial charge on any atom is 0.303 e. The molecule has 0 aromatic rings. The van der Waals surface area contributed by atoms with Gasteiger partial charge in [0.15, 0.2) is 0 Å². The molecule has 2 N–H and O–H groups in total. The topological polar surface area (TPSA) is 74.6 Å². The van der Waals surface area contributed by atoms with Crippen molar-refractivity contribution in [3.63, 3.8) is 0 Å². The minimum absolute atomic E-state index is 0.106. The summed E-state index contributed by atoms with van der Waals surface area (Å²) in [7, 11) is 0. The Morgan fingerprint density at radius 2 is 1.36 bits per heavy atom. The molecule has 0 aliphatic heterocycles. The molecule has 0 fully saturated rings. The average molecular weight is 357 g/mol. The molecule has 1 unspecified atom stereocenters. The van der Waals surface area contributed by atoms with Gasteiger partial charge in [-0.15, -0.1) is 0 Å². The van der Waals surface area contributed by atoms with Crippen LogP contribution in [0.25, 0.3) is 0 Å². The quantitative estimate of drug-likeness (QED) is 0.288. The normalized spacial score (nSPS) is 13.6. The Morgan fingerprint density at radius 3 is 1.80 bits per heavy atom. The minimum atomic E-state index is -0.727. The molecule has 0 bridgehead atoms. The van der Waals surface area contributed by atoms with E-state index in [9.17, 15) is 14.7 Å². The number of aliphatic carboxylic acids is 1. The third-order valence-corrected chi connectivity index (χ3v) is 5.05. The van der Waals surface area contributed by atoms with Gasteiger partial charge in [0.25, 0.3) is 0 Å². The van der Waals surface area contributed by atoms with Crippen LogP contribution in [0, 0.1) is 10.8 Å². The Labute approximate surface area is 154 Å². The summed E-state index contributed by atoms with van der Waals surface area (Å²) in [6, 6.07) is 0. The lowest BCUT2D eigenvalue weighted by atomic mass is 9.83. The molecule has 1 atom stereocenters. The number of unbranched alkanes of at least 4 members (excludes halogenated alkanes) is 4. The van der Waals surface area contributed by atoms with Gasteiger partial charge in [-0.1, -0.05) is 66.2 Å². The first-order valence-electron chi connectivity index (χ1n) is 9.91. The molecule has 4 nitrogen and oxygen atoms in total. The van der Waals surface area contributed by atoms with Crippen molar-refractivity contribution in [1.82, 2.24) is 0 Å². The molecular formula is C21H40O4. The molecule has 0 radical (unpaired) electrons. The molecule has 0 aliphatic rings. The first kappa shape index (κ1) is 24.1. The lowest BCUT2D eigenvalue weighted by molar-refractivity contribution is -0.139. The molecule has 0 heterocycles. The molecule has 4 heteroatoms. The Balaban J connectivity index is 3.60. The van der Waals surface area contributed by atoms with Crippen molar-refractivity contribution in [2.24, 2.45) is 10.8 Å². The smallest absolute Gasteiger partial charge is 0.303 e. The molecule has 148 valence electrons. The molecule has 0 saturated heterocycles. The fourth-order valence-electron chi connectivity index (χ4n) is 3.29. The maximum absolute atomic E-state index is 10.8. The van der Waals surface area contributed by atoms with Crippen molar-refractivity contribution >= 4 is 12.3 Å². The predicted octanol–water partition coefficient (Wildman–Crippen LogP) is 5.36. The first-order chi connectivity index (χ1) is 11.6. The minimum Gasteiger partial charge on any atom is -0.481 e. The number of hydrogen-bond acceptors (Lipinski definition) is 3. The third kappa shape index (κ3) is 15.1. The average Bonchev–Trinajstić information content (AvgIpc) is 2.44. The van der Waals surface area contributed by atoms with Crippen LogP contribution in [0.3, 0.4) is 0 Å². The summed E-state index contributed by atoms with van der Waals surface area (Å²) < 4.78 is 0. The van der Waals surface area contributed by atoms with E-state index in [0.717, 1.165) is 70.5 Å².